The topological polar surface area (TPSA) is 18.5 Å². The number of nitrogens with zero attached hydrogens (tertiary/aromatic N) is 2. The molecule has 0 saturated carbocycles. The van der Waals surface area contributed by atoms with E-state index in [9.17, 15) is 0 Å². The fourth-order valence-electron chi connectivity index (χ4n) is 3.15. The van der Waals surface area contributed by atoms with E-state index < -0.39 is 0 Å². The number of hydrogen-bond acceptors (Lipinski definition) is 3. The molecule has 0 bridgehead atoms. The number of nitrogens with one attached hydrogen (secondary N) is 1. The van der Waals surface area contributed by atoms with Gasteiger partial charge in [-0.25, -0.2) is 0 Å². The lowest BCUT2D eigenvalue weighted by molar-refractivity contribution is 0.269. The van der Waals surface area contributed by atoms with E-state index in [2.05, 4.69) is 40.4 Å². The van der Waals surface area contributed by atoms with Gasteiger partial charge in [-0.2, -0.15) is 0 Å². The van der Waals surface area contributed by atoms with Crippen LogP contribution < -0.4 is 5.32 Å². The quantitative estimate of drug-likeness (QED) is 0.868. The van der Waals surface area contributed by atoms with Crippen LogP contribution in [0.4, 0.5) is 0 Å². The molecule has 1 fully saturated rings. The number of likely N-dealkylation sites (N-methyl/N-ethyl adjacent to an activating group) is 1. The minimum absolute atomic E-state index is 1.05. The van der Waals surface area contributed by atoms with E-state index in [4.69, 9.17) is 0 Å². The molecule has 19 heavy (non-hydrogen) atoms. The van der Waals surface area contributed by atoms with Crippen molar-refractivity contribution >= 4 is 0 Å². The molecule has 0 aliphatic carbocycles. The van der Waals surface area contributed by atoms with E-state index in [1.165, 1.54) is 55.7 Å². The van der Waals surface area contributed by atoms with E-state index in [1.54, 1.807) is 0 Å². The summed E-state index contributed by atoms with van der Waals surface area (Å²) in [4.78, 5) is 5.04. The van der Waals surface area contributed by atoms with Crippen LogP contribution in [-0.2, 0) is 19.5 Å². The molecule has 2 heterocycles. The number of benzene rings is 1. The van der Waals surface area contributed by atoms with Crippen molar-refractivity contribution in [3.63, 3.8) is 0 Å². The highest BCUT2D eigenvalue weighted by Crippen LogP contribution is 2.17. The third kappa shape index (κ3) is 3.35. The Morgan fingerprint density at radius 3 is 3.00 bits per heavy atom. The molecule has 1 aromatic carbocycles. The molecular weight excluding hydrogens is 234 g/mol. The molecule has 2 aliphatic heterocycles. The van der Waals surface area contributed by atoms with Crippen LogP contribution in [0.2, 0.25) is 0 Å². The second-order valence-corrected chi connectivity index (χ2v) is 5.96. The van der Waals surface area contributed by atoms with Gasteiger partial charge in [-0.1, -0.05) is 18.2 Å². The minimum atomic E-state index is 1.05. The second kappa shape index (κ2) is 6.04. The summed E-state index contributed by atoms with van der Waals surface area (Å²) in [6.45, 7) is 8.17. The third-order valence-corrected chi connectivity index (χ3v) is 4.38. The van der Waals surface area contributed by atoms with Crippen LogP contribution in [0.25, 0.3) is 0 Å². The maximum Gasteiger partial charge on any atom is 0.0234 e. The minimum Gasteiger partial charge on any atom is -0.312 e. The molecule has 1 saturated heterocycles. The van der Waals surface area contributed by atoms with Crippen LogP contribution in [-0.4, -0.2) is 49.6 Å². The van der Waals surface area contributed by atoms with Crippen molar-refractivity contribution in [2.75, 3.05) is 39.8 Å². The lowest BCUT2D eigenvalue weighted by Crippen LogP contribution is -2.29. The van der Waals surface area contributed by atoms with Gasteiger partial charge in [-0.05, 0) is 56.2 Å². The molecule has 3 rings (SSSR count). The summed E-state index contributed by atoms with van der Waals surface area (Å²) >= 11 is 0. The molecule has 0 atom stereocenters. The van der Waals surface area contributed by atoms with Crippen LogP contribution >= 0.6 is 0 Å². The summed E-state index contributed by atoms with van der Waals surface area (Å²) in [5, 5.41) is 3.47. The molecule has 0 radical (unpaired) electrons. The smallest absolute Gasteiger partial charge is 0.0234 e. The predicted molar refractivity (Wildman–Crippen MR) is 79.2 cm³/mol. The fraction of sp³-hybridized carbons (Fsp3) is 0.625. The molecule has 0 unspecified atom stereocenters. The van der Waals surface area contributed by atoms with Crippen molar-refractivity contribution in [2.45, 2.75) is 25.9 Å². The molecule has 0 spiro atoms. The SMILES string of the molecule is CN1CCCN(Cc2ccc3c(c2)CNCC3)CC1. The maximum absolute atomic E-state index is 3.47. The van der Waals surface area contributed by atoms with Gasteiger partial charge in [0.15, 0.2) is 0 Å². The summed E-state index contributed by atoms with van der Waals surface area (Å²) in [7, 11) is 2.23. The number of fused-ring (bicyclic) bond motifs is 1. The molecule has 2 aliphatic rings. The standard InChI is InChI=1S/C16H25N3/c1-18-7-2-8-19(10-9-18)13-14-3-4-15-5-6-17-12-16(15)11-14/h3-4,11,17H,2,5-10,12-13H2,1H3. The molecule has 1 N–H and O–H groups in total. The normalized spacial score (nSPS) is 21.9. The summed E-state index contributed by atoms with van der Waals surface area (Å²) in [6.07, 6.45) is 2.48. The van der Waals surface area contributed by atoms with Gasteiger partial charge in [0.05, 0.1) is 0 Å². The van der Waals surface area contributed by atoms with E-state index in [-0.39, 0.29) is 0 Å². The van der Waals surface area contributed by atoms with E-state index in [0.29, 0.717) is 0 Å². The average molecular weight is 259 g/mol. The first kappa shape index (κ1) is 13.1. The molecule has 0 amide bonds. The highest BCUT2D eigenvalue weighted by Gasteiger charge is 2.14. The Morgan fingerprint density at radius 2 is 2.05 bits per heavy atom. The van der Waals surface area contributed by atoms with Crippen LogP contribution in [0.15, 0.2) is 18.2 Å². The van der Waals surface area contributed by atoms with Crippen molar-refractivity contribution in [1.29, 1.82) is 0 Å². The summed E-state index contributed by atoms with van der Waals surface area (Å²) in [5.74, 6) is 0. The van der Waals surface area contributed by atoms with Gasteiger partial charge in [0, 0.05) is 26.2 Å². The first-order valence-electron chi connectivity index (χ1n) is 7.53. The van der Waals surface area contributed by atoms with Crippen molar-refractivity contribution < 1.29 is 0 Å². The van der Waals surface area contributed by atoms with Crippen LogP contribution in [0.3, 0.4) is 0 Å². The molecule has 3 nitrogen and oxygen atoms in total. The second-order valence-electron chi connectivity index (χ2n) is 5.96. The van der Waals surface area contributed by atoms with Crippen LogP contribution in [0, 0.1) is 0 Å². The Morgan fingerprint density at radius 1 is 1.11 bits per heavy atom. The van der Waals surface area contributed by atoms with Crippen LogP contribution in [0.1, 0.15) is 23.1 Å². The van der Waals surface area contributed by atoms with Gasteiger partial charge >= 0.3 is 0 Å². The average Bonchev–Trinajstić information content (AvgIpc) is 2.64. The molecule has 1 aromatic rings. The monoisotopic (exact) mass is 259 g/mol. The number of hydrogen-bond donors (Lipinski definition) is 1. The zero-order valence-corrected chi connectivity index (χ0v) is 12.0. The summed E-state index contributed by atoms with van der Waals surface area (Å²) < 4.78 is 0. The Balaban J connectivity index is 1.66. The molecular formula is C16H25N3. The Hall–Kier alpha value is -0.900. The zero-order chi connectivity index (χ0) is 13.1. The predicted octanol–water partition coefficient (Wildman–Crippen LogP) is 1.47. The first-order valence-corrected chi connectivity index (χ1v) is 7.53. The van der Waals surface area contributed by atoms with E-state index >= 15 is 0 Å². The van der Waals surface area contributed by atoms with Crippen molar-refractivity contribution in [3.05, 3.63) is 34.9 Å². The van der Waals surface area contributed by atoms with Gasteiger partial charge in [-0.3, -0.25) is 4.90 Å². The molecule has 104 valence electrons. The highest BCUT2D eigenvalue weighted by molar-refractivity contribution is 5.33. The van der Waals surface area contributed by atoms with Gasteiger partial charge in [0.2, 0.25) is 0 Å². The Bertz CT molecular complexity index is 430. The molecule has 3 heteroatoms. The van der Waals surface area contributed by atoms with Crippen molar-refractivity contribution in [2.24, 2.45) is 0 Å². The van der Waals surface area contributed by atoms with Crippen LogP contribution in [0.5, 0.6) is 0 Å². The fourth-order valence-corrected chi connectivity index (χ4v) is 3.15. The van der Waals surface area contributed by atoms with Gasteiger partial charge < -0.3 is 10.2 Å². The molecule has 0 aromatic heterocycles. The van der Waals surface area contributed by atoms with Gasteiger partial charge in [0.1, 0.15) is 0 Å². The van der Waals surface area contributed by atoms with E-state index in [0.717, 1.165) is 19.6 Å². The largest absolute Gasteiger partial charge is 0.312 e. The number of rotatable bonds is 2. The Labute approximate surface area is 116 Å². The van der Waals surface area contributed by atoms with Gasteiger partial charge in [-0.15, -0.1) is 0 Å². The lowest BCUT2D eigenvalue weighted by Gasteiger charge is -2.22. The third-order valence-electron chi connectivity index (χ3n) is 4.38. The van der Waals surface area contributed by atoms with Crippen molar-refractivity contribution in [1.82, 2.24) is 15.1 Å². The summed E-state index contributed by atoms with van der Waals surface area (Å²) in [5.41, 5.74) is 4.53. The first-order chi connectivity index (χ1) is 9.31. The van der Waals surface area contributed by atoms with Gasteiger partial charge in [0.25, 0.3) is 0 Å². The zero-order valence-electron chi connectivity index (χ0n) is 12.0. The van der Waals surface area contributed by atoms with E-state index in [1.807, 2.05) is 0 Å². The maximum atomic E-state index is 3.47. The van der Waals surface area contributed by atoms with Crippen molar-refractivity contribution in [3.8, 4) is 0 Å². The lowest BCUT2D eigenvalue weighted by atomic mass is 9.98. The summed E-state index contributed by atoms with van der Waals surface area (Å²) in [6, 6.07) is 7.09. The highest BCUT2D eigenvalue weighted by atomic mass is 15.2. The Kier molecular flexibility index (Phi) is 4.16.